The smallest absolute Gasteiger partial charge is 0.313 e. The lowest BCUT2D eigenvalue weighted by molar-refractivity contribution is -0.144. The summed E-state index contributed by atoms with van der Waals surface area (Å²) in [6, 6.07) is 3.01. The number of phenols is 1. The minimum absolute atomic E-state index is 0.124. The topological polar surface area (TPSA) is 46.5 Å². The molecule has 0 bridgehead atoms. The Balaban J connectivity index is 3.01. The van der Waals surface area contributed by atoms with Gasteiger partial charge < -0.3 is 9.84 Å². The quantitative estimate of drug-likeness (QED) is 0.850. The fourth-order valence-electron chi connectivity index (χ4n) is 1.24. The van der Waals surface area contributed by atoms with E-state index < -0.39 is 5.92 Å². The van der Waals surface area contributed by atoms with Gasteiger partial charge in [0, 0.05) is 0 Å². The Morgan fingerprint density at radius 3 is 2.38 bits per heavy atom. The van der Waals surface area contributed by atoms with Crippen molar-refractivity contribution in [2.45, 2.75) is 19.8 Å². The molecule has 0 amide bonds. The lowest BCUT2D eigenvalue weighted by Crippen LogP contribution is -2.12. The van der Waals surface area contributed by atoms with Crippen molar-refractivity contribution < 1.29 is 14.6 Å². The second kappa shape index (κ2) is 5.41. The summed E-state index contributed by atoms with van der Waals surface area (Å²) in [7, 11) is 0. The summed E-state index contributed by atoms with van der Waals surface area (Å²) < 4.78 is 4.88. The monoisotopic (exact) mass is 262 g/mol. The van der Waals surface area contributed by atoms with Gasteiger partial charge in [-0.05, 0) is 31.5 Å². The highest BCUT2D eigenvalue weighted by molar-refractivity contribution is 6.37. The predicted molar refractivity (Wildman–Crippen MR) is 63.2 cm³/mol. The van der Waals surface area contributed by atoms with E-state index in [9.17, 15) is 9.90 Å². The van der Waals surface area contributed by atoms with Crippen LogP contribution in [0.3, 0.4) is 0 Å². The van der Waals surface area contributed by atoms with Gasteiger partial charge in [-0.15, -0.1) is 0 Å². The van der Waals surface area contributed by atoms with E-state index in [0.29, 0.717) is 12.2 Å². The van der Waals surface area contributed by atoms with Crippen molar-refractivity contribution >= 4 is 29.2 Å². The van der Waals surface area contributed by atoms with Gasteiger partial charge in [0.15, 0.2) is 5.75 Å². The third-order valence-corrected chi connectivity index (χ3v) is 2.76. The van der Waals surface area contributed by atoms with Crippen molar-refractivity contribution in [3.63, 3.8) is 0 Å². The van der Waals surface area contributed by atoms with Crippen molar-refractivity contribution in [2.75, 3.05) is 6.61 Å². The summed E-state index contributed by atoms with van der Waals surface area (Å²) in [5.74, 6) is -0.987. The highest BCUT2D eigenvalue weighted by Crippen LogP contribution is 2.35. The molecule has 16 heavy (non-hydrogen) atoms. The summed E-state index contributed by atoms with van der Waals surface area (Å²) in [5, 5.41) is 9.62. The predicted octanol–water partition coefficient (Wildman–Crippen LogP) is 3.37. The molecular weight excluding hydrogens is 251 g/mol. The molecule has 1 atom stereocenters. The maximum Gasteiger partial charge on any atom is 0.313 e. The number of phenolic OH excluding ortho intramolecular Hbond substituents is 1. The molecule has 1 aromatic rings. The average molecular weight is 263 g/mol. The molecule has 0 saturated carbocycles. The van der Waals surface area contributed by atoms with Crippen LogP contribution in [0.25, 0.3) is 0 Å². The fraction of sp³-hybridized carbons (Fsp3) is 0.364. The number of ether oxygens (including phenoxy) is 1. The van der Waals surface area contributed by atoms with Crippen molar-refractivity contribution in [1.82, 2.24) is 0 Å². The molecular formula is C11H12Cl2O3. The minimum Gasteiger partial charge on any atom is -0.505 e. The lowest BCUT2D eigenvalue weighted by atomic mass is 10.0. The molecule has 0 aromatic heterocycles. The number of hydrogen-bond acceptors (Lipinski definition) is 3. The van der Waals surface area contributed by atoms with Crippen LogP contribution in [0.1, 0.15) is 25.3 Å². The van der Waals surface area contributed by atoms with Crippen LogP contribution in [0.15, 0.2) is 12.1 Å². The van der Waals surface area contributed by atoms with Gasteiger partial charge in [0.05, 0.1) is 22.6 Å². The van der Waals surface area contributed by atoms with E-state index in [1.807, 2.05) is 0 Å². The highest BCUT2D eigenvalue weighted by Gasteiger charge is 2.18. The third kappa shape index (κ3) is 2.80. The molecule has 1 N–H and O–H groups in total. The molecule has 3 nitrogen and oxygen atoms in total. The molecule has 0 spiro atoms. The molecule has 0 aliphatic rings. The number of benzene rings is 1. The second-order valence-electron chi connectivity index (χ2n) is 3.31. The van der Waals surface area contributed by atoms with Crippen LogP contribution in [-0.2, 0) is 9.53 Å². The van der Waals surface area contributed by atoms with Gasteiger partial charge in [-0.3, -0.25) is 4.79 Å². The van der Waals surface area contributed by atoms with Crippen LogP contribution in [0, 0.1) is 0 Å². The maximum absolute atomic E-state index is 11.5. The number of esters is 1. The molecule has 1 aromatic carbocycles. The Hall–Kier alpha value is -0.930. The van der Waals surface area contributed by atoms with Gasteiger partial charge in [-0.25, -0.2) is 0 Å². The van der Waals surface area contributed by atoms with Gasteiger partial charge in [-0.2, -0.15) is 0 Å². The normalized spacial score (nSPS) is 12.2. The first-order valence-corrected chi connectivity index (χ1v) is 5.57. The zero-order chi connectivity index (χ0) is 12.3. The summed E-state index contributed by atoms with van der Waals surface area (Å²) in [6.07, 6.45) is 0. The van der Waals surface area contributed by atoms with E-state index in [2.05, 4.69) is 0 Å². The Morgan fingerprint density at radius 2 is 1.94 bits per heavy atom. The number of carbonyl (C=O) groups is 1. The SMILES string of the molecule is CCOC(=O)C(C)c1cc(Cl)c(O)c(Cl)c1. The van der Waals surface area contributed by atoms with E-state index >= 15 is 0 Å². The van der Waals surface area contributed by atoms with Gasteiger partial charge in [-0.1, -0.05) is 23.2 Å². The molecule has 1 rings (SSSR count). The van der Waals surface area contributed by atoms with Crippen molar-refractivity contribution in [2.24, 2.45) is 0 Å². The molecule has 0 radical (unpaired) electrons. The van der Waals surface area contributed by atoms with Gasteiger partial charge in [0.2, 0.25) is 0 Å². The average Bonchev–Trinajstić information content (AvgIpc) is 2.24. The number of carbonyl (C=O) groups excluding carboxylic acids is 1. The number of halogens is 2. The molecule has 0 aliphatic heterocycles. The minimum atomic E-state index is -0.462. The number of aromatic hydroxyl groups is 1. The van der Waals surface area contributed by atoms with Crippen LogP contribution >= 0.6 is 23.2 Å². The zero-order valence-electron chi connectivity index (χ0n) is 8.96. The highest BCUT2D eigenvalue weighted by atomic mass is 35.5. The van der Waals surface area contributed by atoms with Gasteiger partial charge >= 0.3 is 5.97 Å². The molecule has 0 heterocycles. The molecule has 88 valence electrons. The van der Waals surface area contributed by atoms with Gasteiger partial charge in [0.25, 0.3) is 0 Å². The summed E-state index contributed by atoms with van der Waals surface area (Å²) >= 11 is 11.5. The summed E-state index contributed by atoms with van der Waals surface area (Å²) in [4.78, 5) is 11.5. The molecule has 1 unspecified atom stereocenters. The van der Waals surface area contributed by atoms with Crippen LogP contribution in [0.5, 0.6) is 5.75 Å². The summed E-state index contributed by atoms with van der Waals surface area (Å²) in [6.45, 7) is 3.75. The van der Waals surface area contributed by atoms with Crippen LogP contribution in [0.4, 0.5) is 0 Å². The van der Waals surface area contributed by atoms with E-state index in [1.54, 1.807) is 13.8 Å². The Morgan fingerprint density at radius 1 is 1.44 bits per heavy atom. The van der Waals surface area contributed by atoms with E-state index in [4.69, 9.17) is 27.9 Å². The Bertz CT molecular complexity index is 381. The Kier molecular flexibility index (Phi) is 4.44. The molecule has 5 heteroatoms. The summed E-state index contributed by atoms with van der Waals surface area (Å²) in [5.41, 5.74) is 0.617. The van der Waals surface area contributed by atoms with Crippen LogP contribution in [0.2, 0.25) is 10.0 Å². The number of rotatable bonds is 3. The second-order valence-corrected chi connectivity index (χ2v) is 4.12. The van der Waals surface area contributed by atoms with E-state index in [1.165, 1.54) is 12.1 Å². The first-order valence-electron chi connectivity index (χ1n) is 4.82. The van der Waals surface area contributed by atoms with Crippen molar-refractivity contribution in [3.05, 3.63) is 27.7 Å². The van der Waals surface area contributed by atoms with E-state index in [0.717, 1.165) is 0 Å². The van der Waals surface area contributed by atoms with Crippen LogP contribution in [-0.4, -0.2) is 17.7 Å². The molecule has 0 fully saturated rings. The standard InChI is InChI=1S/C11H12Cl2O3/c1-3-16-11(15)6(2)7-4-8(12)10(14)9(13)5-7/h4-6,14H,3H2,1-2H3. The first-order chi connectivity index (χ1) is 7.47. The molecule has 0 saturated heterocycles. The maximum atomic E-state index is 11.5. The van der Waals surface area contributed by atoms with E-state index in [-0.39, 0.29) is 21.8 Å². The fourth-order valence-corrected chi connectivity index (χ4v) is 1.74. The lowest BCUT2D eigenvalue weighted by Gasteiger charge is -2.12. The number of hydrogen-bond donors (Lipinski definition) is 1. The van der Waals surface area contributed by atoms with Crippen molar-refractivity contribution in [3.8, 4) is 5.75 Å². The largest absolute Gasteiger partial charge is 0.505 e. The van der Waals surface area contributed by atoms with Gasteiger partial charge in [0.1, 0.15) is 0 Å². The Labute approximate surface area is 104 Å². The first kappa shape index (κ1) is 13.1. The zero-order valence-corrected chi connectivity index (χ0v) is 10.5. The third-order valence-electron chi connectivity index (χ3n) is 2.18. The van der Waals surface area contributed by atoms with Crippen LogP contribution < -0.4 is 0 Å². The van der Waals surface area contributed by atoms with Crippen molar-refractivity contribution in [1.29, 1.82) is 0 Å². The molecule has 0 aliphatic carbocycles.